The van der Waals surface area contributed by atoms with Gasteiger partial charge in [-0.1, -0.05) is 42.5 Å². The van der Waals surface area contributed by atoms with Gasteiger partial charge < -0.3 is 21.5 Å². The number of hydrogen-bond donors (Lipinski definition) is 0. The molecule has 2 aromatic heterocycles. The van der Waals surface area contributed by atoms with Crippen LogP contribution in [0.5, 0.6) is 0 Å². The summed E-state index contributed by atoms with van der Waals surface area (Å²) in [6.45, 7) is 2.30. The van der Waals surface area contributed by atoms with Gasteiger partial charge in [0, 0.05) is 30.3 Å². The maximum atomic E-state index is 12.8. The number of nitrogens with zero attached hydrogens (tertiary/aromatic N) is 2. The van der Waals surface area contributed by atoms with Gasteiger partial charge >= 0.3 is 0 Å². The third-order valence-corrected chi connectivity index (χ3v) is 5.03. The first kappa shape index (κ1) is 20.7. The minimum atomic E-state index is -0.0482. The molecule has 0 saturated carbocycles. The summed E-state index contributed by atoms with van der Waals surface area (Å²) in [4.78, 5) is 25.3. The van der Waals surface area contributed by atoms with Crippen molar-refractivity contribution < 1.29 is 26.3 Å². The minimum Gasteiger partial charge on any atom is -1.00 e. The molecule has 0 aliphatic carbocycles. The molecule has 0 radical (unpaired) electrons. The SMILES string of the molecule is Cc1cc[n+](CC(=O)c2ccc(-c3cc4ccccc4n(C)c3=O)cc2)cc1.[Br-]. The van der Waals surface area contributed by atoms with Crippen LogP contribution in [-0.4, -0.2) is 10.4 Å². The molecule has 0 spiro atoms. The lowest BCUT2D eigenvalue weighted by Crippen LogP contribution is -3.00. The molecule has 146 valence electrons. The monoisotopic (exact) mass is 448 g/mol. The maximum absolute atomic E-state index is 12.8. The molecule has 0 unspecified atom stereocenters. The van der Waals surface area contributed by atoms with E-state index in [0.717, 1.165) is 22.0 Å². The summed E-state index contributed by atoms with van der Waals surface area (Å²) in [5.74, 6) is 0.0341. The van der Waals surface area contributed by atoms with Crippen LogP contribution in [0, 0.1) is 6.92 Å². The Morgan fingerprint density at radius 2 is 1.62 bits per heavy atom. The molecule has 0 aliphatic rings. The van der Waals surface area contributed by atoms with E-state index < -0.39 is 0 Å². The van der Waals surface area contributed by atoms with Crippen molar-refractivity contribution in [3.63, 3.8) is 0 Å². The van der Waals surface area contributed by atoms with Crippen molar-refractivity contribution in [2.75, 3.05) is 0 Å². The summed E-state index contributed by atoms with van der Waals surface area (Å²) < 4.78 is 3.53. The average molecular weight is 449 g/mol. The van der Waals surface area contributed by atoms with Gasteiger partial charge in [0.05, 0.1) is 5.52 Å². The predicted octanol–water partition coefficient (Wildman–Crippen LogP) is 0.688. The molecule has 0 aliphatic heterocycles. The molecular weight excluding hydrogens is 428 g/mol. The zero-order valence-corrected chi connectivity index (χ0v) is 17.9. The summed E-state index contributed by atoms with van der Waals surface area (Å²) in [6.07, 6.45) is 3.81. The fourth-order valence-corrected chi connectivity index (χ4v) is 3.36. The van der Waals surface area contributed by atoms with Gasteiger partial charge in [-0.15, -0.1) is 0 Å². The van der Waals surface area contributed by atoms with Crippen molar-refractivity contribution in [1.29, 1.82) is 0 Å². The van der Waals surface area contributed by atoms with Gasteiger partial charge in [0.15, 0.2) is 12.4 Å². The molecule has 0 atom stereocenters. The fourth-order valence-electron chi connectivity index (χ4n) is 3.36. The highest BCUT2D eigenvalue weighted by Crippen LogP contribution is 2.21. The molecule has 0 bridgehead atoms. The molecule has 4 nitrogen and oxygen atoms in total. The highest BCUT2D eigenvalue weighted by molar-refractivity contribution is 5.95. The summed E-state index contributed by atoms with van der Waals surface area (Å²) in [5, 5.41) is 1.01. The molecular formula is C24H21BrN2O2. The number of carbonyl (C=O) groups is 1. The summed E-state index contributed by atoms with van der Waals surface area (Å²) in [6, 6.07) is 21.0. The number of hydrogen-bond acceptors (Lipinski definition) is 2. The third kappa shape index (κ3) is 4.20. The Kier molecular flexibility index (Phi) is 6.09. The van der Waals surface area contributed by atoms with Crippen LogP contribution in [0.1, 0.15) is 15.9 Å². The first-order valence-electron chi connectivity index (χ1n) is 9.21. The first-order chi connectivity index (χ1) is 13.5. The number of benzene rings is 2. The second-order valence-corrected chi connectivity index (χ2v) is 7.03. The standard InChI is InChI=1S/C24H21N2O2.BrH/c1-17-11-13-26(14-12-17)16-23(27)19-9-7-18(8-10-19)21-15-20-5-3-4-6-22(20)25(2)24(21)28;/h3-15H,16H2,1-2H3;1H/q+1;/p-1. The van der Waals surface area contributed by atoms with Gasteiger partial charge in [0.1, 0.15) is 0 Å². The van der Waals surface area contributed by atoms with E-state index in [2.05, 4.69) is 0 Å². The number of Topliss-reactive ketones (excluding diaryl/α,β-unsaturated/α-hetero) is 1. The van der Waals surface area contributed by atoms with E-state index in [4.69, 9.17) is 0 Å². The van der Waals surface area contributed by atoms with Crippen LogP contribution >= 0.6 is 0 Å². The van der Waals surface area contributed by atoms with E-state index in [1.165, 1.54) is 0 Å². The zero-order chi connectivity index (χ0) is 19.7. The Morgan fingerprint density at radius 1 is 0.966 bits per heavy atom. The lowest BCUT2D eigenvalue weighted by atomic mass is 10.0. The highest BCUT2D eigenvalue weighted by Gasteiger charge is 2.13. The Bertz CT molecular complexity index is 1230. The molecule has 4 rings (SSSR count). The molecule has 5 heteroatoms. The van der Waals surface area contributed by atoms with Crippen molar-refractivity contribution in [3.8, 4) is 11.1 Å². The Morgan fingerprint density at radius 3 is 2.31 bits per heavy atom. The van der Waals surface area contributed by atoms with Crippen LogP contribution in [-0.2, 0) is 13.6 Å². The largest absolute Gasteiger partial charge is 1.00 e. The molecule has 2 heterocycles. The van der Waals surface area contributed by atoms with Crippen molar-refractivity contribution in [2.24, 2.45) is 7.05 Å². The number of halogens is 1. The van der Waals surface area contributed by atoms with E-state index in [9.17, 15) is 9.59 Å². The van der Waals surface area contributed by atoms with Crippen LogP contribution in [0.25, 0.3) is 22.0 Å². The predicted molar refractivity (Wildman–Crippen MR) is 110 cm³/mol. The highest BCUT2D eigenvalue weighted by atomic mass is 79.9. The van der Waals surface area contributed by atoms with Crippen LogP contribution < -0.4 is 27.1 Å². The molecule has 0 N–H and O–H groups in total. The van der Waals surface area contributed by atoms with Gasteiger partial charge in [0.2, 0.25) is 12.3 Å². The minimum absolute atomic E-state index is 0. The van der Waals surface area contributed by atoms with Crippen molar-refractivity contribution >= 4 is 16.7 Å². The topological polar surface area (TPSA) is 43.0 Å². The lowest BCUT2D eigenvalue weighted by molar-refractivity contribution is -0.683. The van der Waals surface area contributed by atoms with E-state index >= 15 is 0 Å². The van der Waals surface area contributed by atoms with Gasteiger partial charge in [0.25, 0.3) is 5.56 Å². The number of pyridine rings is 2. The average Bonchev–Trinajstić information content (AvgIpc) is 2.72. The zero-order valence-electron chi connectivity index (χ0n) is 16.3. The van der Waals surface area contributed by atoms with Gasteiger partial charge in [-0.2, -0.15) is 4.57 Å². The molecule has 4 aromatic rings. The second-order valence-electron chi connectivity index (χ2n) is 7.03. The molecule has 0 amide bonds. The maximum Gasteiger partial charge on any atom is 0.258 e. The molecule has 0 saturated heterocycles. The molecule has 0 fully saturated rings. The van der Waals surface area contributed by atoms with Crippen molar-refractivity contribution in [2.45, 2.75) is 13.5 Å². The number of aryl methyl sites for hydroxylation is 2. The van der Waals surface area contributed by atoms with Crippen LogP contribution in [0.4, 0.5) is 0 Å². The van der Waals surface area contributed by atoms with Gasteiger partial charge in [-0.3, -0.25) is 9.59 Å². The van der Waals surface area contributed by atoms with Gasteiger partial charge in [-0.25, -0.2) is 0 Å². The molecule has 29 heavy (non-hydrogen) atoms. The number of ketones is 1. The van der Waals surface area contributed by atoms with Crippen LogP contribution in [0.15, 0.2) is 83.9 Å². The fraction of sp³-hybridized carbons (Fsp3) is 0.125. The van der Waals surface area contributed by atoms with E-state index in [-0.39, 0.29) is 34.9 Å². The first-order valence-corrected chi connectivity index (χ1v) is 9.21. The Balaban J connectivity index is 0.00000240. The van der Waals surface area contributed by atoms with Crippen molar-refractivity contribution in [3.05, 3.63) is 101 Å². The van der Waals surface area contributed by atoms with Crippen LogP contribution in [0.2, 0.25) is 0 Å². The van der Waals surface area contributed by atoms with E-state index in [1.54, 1.807) is 23.7 Å². The number of rotatable bonds is 4. The number of para-hydroxylation sites is 1. The summed E-state index contributed by atoms with van der Waals surface area (Å²) >= 11 is 0. The number of carbonyl (C=O) groups excluding carboxylic acids is 1. The molecule has 2 aromatic carbocycles. The number of fused-ring (bicyclic) bond motifs is 1. The van der Waals surface area contributed by atoms with E-state index in [1.807, 2.05) is 78.5 Å². The summed E-state index contributed by atoms with van der Waals surface area (Å²) in [5.41, 5.74) is 4.09. The summed E-state index contributed by atoms with van der Waals surface area (Å²) in [7, 11) is 1.78. The lowest BCUT2D eigenvalue weighted by Gasteiger charge is -2.09. The Labute approximate surface area is 179 Å². The number of aromatic nitrogens is 2. The smallest absolute Gasteiger partial charge is 0.258 e. The van der Waals surface area contributed by atoms with Gasteiger partial charge in [-0.05, 0) is 35.6 Å². The quantitative estimate of drug-likeness (QED) is 0.340. The third-order valence-electron chi connectivity index (χ3n) is 5.03. The normalized spacial score (nSPS) is 10.6. The Hall–Kier alpha value is -3.05. The van der Waals surface area contributed by atoms with Crippen LogP contribution in [0.3, 0.4) is 0 Å². The van der Waals surface area contributed by atoms with Crippen molar-refractivity contribution in [1.82, 2.24) is 4.57 Å². The van der Waals surface area contributed by atoms with E-state index in [0.29, 0.717) is 11.1 Å². The second kappa shape index (κ2) is 8.53.